The van der Waals surface area contributed by atoms with Gasteiger partial charge in [-0.25, -0.2) is 12.8 Å². The van der Waals surface area contributed by atoms with E-state index in [4.69, 9.17) is 0 Å². The summed E-state index contributed by atoms with van der Waals surface area (Å²) < 4.78 is 39.1. The number of carbonyl (C=O) groups excluding carboxylic acids is 1. The molecule has 7 nitrogen and oxygen atoms in total. The lowest BCUT2D eigenvalue weighted by Gasteiger charge is -2.20. The number of hydrogen-bond donors (Lipinski definition) is 1. The third-order valence-corrected chi connectivity index (χ3v) is 7.39. The molecule has 2 aromatic carbocycles. The van der Waals surface area contributed by atoms with Crippen molar-refractivity contribution >= 4 is 21.6 Å². The average molecular weight is 457 g/mol. The number of anilines is 1. The summed E-state index contributed by atoms with van der Waals surface area (Å²) in [5, 5.41) is 7.21. The van der Waals surface area contributed by atoms with Crippen LogP contribution in [-0.4, -0.2) is 55.3 Å². The summed E-state index contributed by atoms with van der Waals surface area (Å²) in [6.07, 6.45) is 1.99. The molecule has 4 rings (SSSR count). The molecule has 0 spiro atoms. The van der Waals surface area contributed by atoms with Gasteiger partial charge in [-0.3, -0.25) is 14.2 Å². The molecule has 1 aliphatic rings. The highest BCUT2D eigenvalue weighted by Crippen LogP contribution is 2.25. The zero-order valence-electron chi connectivity index (χ0n) is 17.8. The van der Waals surface area contributed by atoms with Gasteiger partial charge >= 0.3 is 0 Å². The van der Waals surface area contributed by atoms with E-state index in [0.29, 0.717) is 54.9 Å². The molecule has 9 heteroatoms. The molecule has 1 aliphatic heterocycles. The second kappa shape index (κ2) is 9.12. The van der Waals surface area contributed by atoms with Crippen molar-refractivity contribution < 1.29 is 17.6 Å². The van der Waals surface area contributed by atoms with Crippen molar-refractivity contribution in [2.24, 2.45) is 0 Å². The zero-order valence-corrected chi connectivity index (χ0v) is 18.6. The first-order chi connectivity index (χ1) is 15.3. The Balaban J connectivity index is 1.34. The number of nitrogens with zero attached hydrogens (tertiary/aromatic N) is 3. The van der Waals surface area contributed by atoms with Gasteiger partial charge in [-0.05, 0) is 55.7 Å². The fourth-order valence-electron chi connectivity index (χ4n) is 3.84. The Morgan fingerprint density at radius 1 is 1.19 bits per heavy atom. The molecular weight excluding hydrogens is 431 g/mol. The number of aromatic amines is 1. The number of aryl methyl sites for hydroxylation is 1. The third-order valence-electron chi connectivity index (χ3n) is 5.52. The second-order valence-corrected chi connectivity index (χ2v) is 9.92. The normalized spacial score (nSPS) is 15.1. The van der Waals surface area contributed by atoms with Crippen molar-refractivity contribution in [3.05, 3.63) is 71.7 Å². The van der Waals surface area contributed by atoms with Gasteiger partial charge in [-0.1, -0.05) is 18.2 Å². The van der Waals surface area contributed by atoms with Crippen molar-refractivity contribution in [3.63, 3.8) is 0 Å². The summed E-state index contributed by atoms with van der Waals surface area (Å²) >= 11 is 0. The molecule has 1 aromatic heterocycles. The van der Waals surface area contributed by atoms with Crippen LogP contribution < -0.4 is 4.31 Å². The van der Waals surface area contributed by atoms with Crippen LogP contribution in [0.4, 0.5) is 10.1 Å². The highest BCUT2D eigenvalue weighted by atomic mass is 32.2. The average Bonchev–Trinajstić information content (AvgIpc) is 3.39. The molecule has 0 atom stereocenters. The topological polar surface area (TPSA) is 86.4 Å². The molecule has 168 valence electrons. The maximum atomic E-state index is 13.4. The number of nitrogens with one attached hydrogen (secondary N) is 1. The minimum Gasteiger partial charge on any atom is -0.342 e. The van der Waals surface area contributed by atoms with Gasteiger partial charge in [0, 0.05) is 37.0 Å². The van der Waals surface area contributed by atoms with Crippen LogP contribution in [0.3, 0.4) is 0 Å². The Hall–Kier alpha value is -3.20. The van der Waals surface area contributed by atoms with Crippen LogP contribution in [0.5, 0.6) is 0 Å². The van der Waals surface area contributed by atoms with E-state index in [1.807, 2.05) is 6.07 Å². The largest absolute Gasteiger partial charge is 0.342 e. The van der Waals surface area contributed by atoms with E-state index in [-0.39, 0.29) is 17.5 Å². The summed E-state index contributed by atoms with van der Waals surface area (Å²) in [5.74, 6) is -0.327. The predicted octanol–water partition coefficient (Wildman–Crippen LogP) is 3.46. The Morgan fingerprint density at radius 3 is 2.75 bits per heavy atom. The number of halogens is 1. The quantitative estimate of drug-likeness (QED) is 0.590. The minimum absolute atomic E-state index is 0.138. The molecule has 1 saturated heterocycles. The van der Waals surface area contributed by atoms with E-state index < -0.39 is 10.0 Å². The Kier molecular flexibility index (Phi) is 6.27. The van der Waals surface area contributed by atoms with Crippen molar-refractivity contribution in [1.82, 2.24) is 15.1 Å². The Morgan fingerprint density at radius 2 is 2.00 bits per heavy atom. The molecular formula is C23H25FN4O3S. The van der Waals surface area contributed by atoms with Crippen molar-refractivity contribution in [2.75, 3.05) is 30.2 Å². The number of hydrogen-bond acceptors (Lipinski definition) is 4. The maximum absolute atomic E-state index is 13.4. The van der Waals surface area contributed by atoms with Crippen LogP contribution >= 0.6 is 0 Å². The minimum atomic E-state index is -3.29. The van der Waals surface area contributed by atoms with E-state index in [0.717, 1.165) is 5.69 Å². The molecule has 32 heavy (non-hydrogen) atoms. The van der Waals surface area contributed by atoms with Crippen LogP contribution in [0, 0.1) is 5.82 Å². The summed E-state index contributed by atoms with van der Waals surface area (Å²) in [7, 11) is -1.56. The molecule has 0 saturated carbocycles. The van der Waals surface area contributed by atoms with Crippen LogP contribution in [0.15, 0.2) is 54.6 Å². The molecule has 0 unspecified atom stereocenters. The maximum Gasteiger partial charge on any atom is 0.253 e. The fraction of sp³-hybridized carbons (Fsp3) is 0.304. The molecule has 0 bridgehead atoms. The zero-order chi connectivity index (χ0) is 22.7. The van der Waals surface area contributed by atoms with Crippen LogP contribution in [-0.2, 0) is 16.4 Å². The third kappa shape index (κ3) is 4.83. The summed E-state index contributed by atoms with van der Waals surface area (Å²) in [4.78, 5) is 14.5. The first kappa shape index (κ1) is 22.0. The molecule has 0 radical (unpaired) electrons. The van der Waals surface area contributed by atoms with E-state index in [2.05, 4.69) is 10.2 Å². The molecule has 1 amide bonds. The van der Waals surface area contributed by atoms with E-state index in [9.17, 15) is 17.6 Å². The van der Waals surface area contributed by atoms with Crippen molar-refractivity contribution in [1.29, 1.82) is 0 Å². The van der Waals surface area contributed by atoms with Crippen molar-refractivity contribution in [2.45, 2.75) is 19.3 Å². The molecule has 1 fully saturated rings. The van der Waals surface area contributed by atoms with E-state index >= 15 is 0 Å². The highest BCUT2D eigenvalue weighted by Gasteiger charge is 2.28. The number of carbonyl (C=O) groups is 1. The molecule has 1 N–H and O–H groups in total. The smallest absolute Gasteiger partial charge is 0.253 e. The Bertz CT molecular complexity index is 1230. The van der Waals surface area contributed by atoms with Gasteiger partial charge in [-0.15, -0.1) is 0 Å². The number of benzene rings is 2. The standard InChI is InChI=1S/C23H25FN4O3S/c1-27(11-4-9-20-16-22(26-25-20)17-6-2-8-19(24)14-17)23(29)18-7-3-10-21(15-18)28-12-5-13-32(28,30)31/h2-3,6-8,10,14-16H,4-5,9,11-13H2,1H3,(H,25,26). The molecule has 3 aromatic rings. The molecule has 2 heterocycles. The first-order valence-corrected chi connectivity index (χ1v) is 12.1. The number of aromatic nitrogens is 2. The lowest BCUT2D eigenvalue weighted by atomic mass is 10.1. The lowest BCUT2D eigenvalue weighted by Crippen LogP contribution is -2.29. The number of amides is 1. The van der Waals surface area contributed by atoms with Gasteiger partial charge in [0.15, 0.2) is 0 Å². The van der Waals surface area contributed by atoms with Gasteiger partial charge in [0.05, 0.1) is 17.1 Å². The second-order valence-electron chi connectivity index (χ2n) is 7.91. The summed E-state index contributed by atoms with van der Waals surface area (Å²) in [6, 6.07) is 14.9. The van der Waals surface area contributed by atoms with Gasteiger partial charge < -0.3 is 4.90 Å². The molecule has 0 aliphatic carbocycles. The van der Waals surface area contributed by atoms with Gasteiger partial charge in [0.25, 0.3) is 5.91 Å². The highest BCUT2D eigenvalue weighted by molar-refractivity contribution is 7.93. The first-order valence-electron chi connectivity index (χ1n) is 10.5. The number of H-pyrrole nitrogens is 1. The van der Waals surface area contributed by atoms with Gasteiger partial charge in [0.2, 0.25) is 10.0 Å². The summed E-state index contributed by atoms with van der Waals surface area (Å²) in [6.45, 7) is 0.969. The number of rotatable bonds is 7. The van der Waals surface area contributed by atoms with Crippen LogP contribution in [0.2, 0.25) is 0 Å². The fourth-order valence-corrected chi connectivity index (χ4v) is 5.39. The van der Waals surface area contributed by atoms with Crippen LogP contribution in [0.1, 0.15) is 28.9 Å². The predicted molar refractivity (Wildman–Crippen MR) is 121 cm³/mol. The van der Waals surface area contributed by atoms with Crippen molar-refractivity contribution in [3.8, 4) is 11.3 Å². The van der Waals surface area contributed by atoms with E-state index in [1.54, 1.807) is 48.3 Å². The SMILES string of the molecule is CN(CCCc1cc(-c2cccc(F)c2)n[nH]1)C(=O)c1cccc(N2CCCS2(=O)=O)c1. The van der Waals surface area contributed by atoms with Gasteiger partial charge in [0.1, 0.15) is 5.82 Å². The van der Waals surface area contributed by atoms with Gasteiger partial charge in [-0.2, -0.15) is 5.10 Å². The monoisotopic (exact) mass is 456 g/mol. The number of sulfonamides is 1. The van der Waals surface area contributed by atoms with Crippen LogP contribution in [0.25, 0.3) is 11.3 Å². The summed E-state index contributed by atoms with van der Waals surface area (Å²) in [5.41, 5.74) is 3.29. The van der Waals surface area contributed by atoms with E-state index in [1.165, 1.54) is 16.4 Å². The Labute approximate surface area is 186 Å². The lowest BCUT2D eigenvalue weighted by molar-refractivity contribution is 0.0793.